The highest BCUT2D eigenvalue weighted by atomic mass is 32.1. The van der Waals surface area contributed by atoms with Crippen LogP contribution < -0.4 is 11.1 Å². The minimum atomic E-state index is -0.134. The van der Waals surface area contributed by atoms with E-state index in [1.165, 1.54) is 0 Å². The maximum Gasteiger partial charge on any atom is 0.264 e. The zero-order valence-electron chi connectivity index (χ0n) is 8.32. The number of nitrogens with zero attached hydrogens (tertiary/aromatic N) is 2. The van der Waals surface area contributed by atoms with Crippen LogP contribution >= 0.6 is 23.8 Å². The van der Waals surface area contributed by atoms with Crippen LogP contribution in [0, 0.1) is 6.92 Å². The summed E-state index contributed by atoms with van der Waals surface area (Å²) in [5, 5.41) is 6.52. The second-order valence-corrected chi connectivity index (χ2v) is 4.29. The summed E-state index contributed by atoms with van der Waals surface area (Å²) in [6.07, 6.45) is 1.40. The average Bonchev–Trinajstić information content (AvgIpc) is 2.58. The molecule has 1 heterocycles. The van der Waals surface area contributed by atoms with Crippen molar-refractivity contribution < 1.29 is 4.79 Å². The first-order valence-electron chi connectivity index (χ1n) is 4.46. The van der Waals surface area contributed by atoms with E-state index in [-0.39, 0.29) is 5.91 Å². The van der Waals surface area contributed by atoms with Crippen molar-refractivity contribution in [1.82, 2.24) is 14.9 Å². The first-order valence-corrected chi connectivity index (χ1v) is 5.65. The fourth-order valence-corrected chi connectivity index (χ4v) is 1.70. The van der Waals surface area contributed by atoms with Crippen molar-refractivity contribution in [3.05, 3.63) is 10.6 Å². The van der Waals surface area contributed by atoms with E-state index in [2.05, 4.69) is 14.9 Å². The number of aromatic nitrogens is 2. The van der Waals surface area contributed by atoms with Gasteiger partial charge in [0.1, 0.15) is 4.88 Å². The van der Waals surface area contributed by atoms with Crippen LogP contribution in [-0.2, 0) is 0 Å². The maximum absolute atomic E-state index is 11.5. The van der Waals surface area contributed by atoms with Crippen LogP contribution in [0.15, 0.2) is 0 Å². The monoisotopic (exact) mass is 244 g/mol. The lowest BCUT2D eigenvalue weighted by Gasteiger charge is -2.02. The largest absolute Gasteiger partial charge is 0.393 e. The van der Waals surface area contributed by atoms with Gasteiger partial charge < -0.3 is 11.1 Å². The van der Waals surface area contributed by atoms with E-state index in [4.69, 9.17) is 18.0 Å². The highest BCUT2D eigenvalue weighted by Gasteiger charge is 2.11. The van der Waals surface area contributed by atoms with Crippen LogP contribution in [0.4, 0.5) is 0 Å². The number of carbonyl (C=O) groups excluding carboxylic acids is 1. The lowest BCUT2D eigenvalue weighted by molar-refractivity contribution is 0.0956. The van der Waals surface area contributed by atoms with E-state index >= 15 is 0 Å². The summed E-state index contributed by atoms with van der Waals surface area (Å²) in [4.78, 5) is 12.6. The van der Waals surface area contributed by atoms with Crippen molar-refractivity contribution in [3.63, 3.8) is 0 Å². The molecular formula is C8H12N4OS2. The molecule has 0 saturated heterocycles. The van der Waals surface area contributed by atoms with Gasteiger partial charge in [-0.2, -0.15) is 0 Å². The lowest BCUT2D eigenvalue weighted by atomic mass is 10.3. The minimum absolute atomic E-state index is 0.134. The normalized spacial score (nSPS) is 9.93. The van der Waals surface area contributed by atoms with Gasteiger partial charge in [-0.25, -0.2) is 0 Å². The lowest BCUT2D eigenvalue weighted by Crippen LogP contribution is -2.25. The summed E-state index contributed by atoms with van der Waals surface area (Å²) in [7, 11) is 0. The van der Waals surface area contributed by atoms with Crippen LogP contribution in [0.25, 0.3) is 0 Å². The van der Waals surface area contributed by atoms with Gasteiger partial charge in [0.05, 0.1) is 10.7 Å². The topological polar surface area (TPSA) is 80.9 Å². The fraction of sp³-hybridized carbons (Fsp3) is 0.500. The molecule has 1 amide bonds. The molecule has 0 aromatic carbocycles. The highest BCUT2D eigenvalue weighted by Crippen LogP contribution is 2.08. The van der Waals surface area contributed by atoms with Crippen molar-refractivity contribution in [2.24, 2.45) is 5.73 Å². The van der Waals surface area contributed by atoms with Gasteiger partial charge in [-0.3, -0.25) is 4.79 Å². The summed E-state index contributed by atoms with van der Waals surface area (Å²) in [5.74, 6) is -0.134. The number of nitrogens with one attached hydrogen (secondary N) is 1. The van der Waals surface area contributed by atoms with Crippen LogP contribution in [0.3, 0.4) is 0 Å². The number of nitrogens with two attached hydrogens (primary N) is 1. The molecular weight excluding hydrogens is 232 g/mol. The molecule has 0 spiro atoms. The van der Waals surface area contributed by atoms with Crippen molar-refractivity contribution >= 4 is 34.6 Å². The van der Waals surface area contributed by atoms with E-state index in [1.54, 1.807) is 6.92 Å². The van der Waals surface area contributed by atoms with Crippen LogP contribution in [0.2, 0.25) is 0 Å². The van der Waals surface area contributed by atoms with Gasteiger partial charge in [0, 0.05) is 6.54 Å². The molecule has 0 aliphatic rings. The molecule has 5 nitrogen and oxygen atoms in total. The Morgan fingerprint density at radius 2 is 2.40 bits per heavy atom. The predicted molar refractivity (Wildman–Crippen MR) is 63.0 cm³/mol. The molecule has 0 bridgehead atoms. The van der Waals surface area contributed by atoms with Gasteiger partial charge in [-0.05, 0) is 31.3 Å². The van der Waals surface area contributed by atoms with Gasteiger partial charge >= 0.3 is 0 Å². The standard InChI is InChI=1S/C8H12N4OS2/c1-5-7(15-12-11-5)8(13)10-4-2-3-6(9)14/h2-4H2,1H3,(H2,9,14)(H,10,13). The molecule has 1 aromatic heterocycles. The molecule has 3 N–H and O–H groups in total. The second kappa shape index (κ2) is 5.72. The zero-order chi connectivity index (χ0) is 11.3. The molecule has 82 valence electrons. The Kier molecular flexibility index (Phi) is 4.57. The third-order valence-electron chi connectivity index (χ3n) is 1.74. The number of aryl methyl sites for hydroxylation is 1. The molecule has 0 unspecified atom stereocenters. The molecule has 0 atom stereocenters. The second-order valence-electron chi connectivity index (χ2n) is 3.01. The Labute approximate surface area is 97.2 Å². The van der Waals surface area contributed by atoms with Crippen molar-refractivity contribution in [3.8, 4) is 0 Å². The van der Waals surface area contributed by atoms with E-state index in [1.807, 2.05) is 0 Å². The van der Waals surface area contributed by atoms with Gasteiger partial charge in [0.15, 0.2) is 0 Å². The molecule has 1 aromatic rings. The Morgan fingerprint density at radius 3 is 2.93 bits per heavy atom. The summed E-state index contributed by atoms with van der Waals surface area (Å²) >= 11 is 5.82. The van der Waals surface area contributed by atoms with Gasteiger partial charge in [-0.1, -0.05) is 16.7 Å². The van der Waals surface area contributed by atoms with E-state index < -0.39 is 0 Å². The summed E-state index contributed by atoms with van der Waals surface area (Å²) in [6, 6.07) is 0. The van der Waals surface area contributed by atoms with E-state index in [0.717, 1.165) is 18.0 Å². The molecule has 1 rings (SSSR count). The molecule has 0 radical (unpaired) electrons. The average molecular weight is 244 g/mol. The first kappa shape index (κ1) is 12.0. The Bertz CT molecular complexity index is 363. The molecule has 0 aliphatic carbocycles. The van der Waals surface area contributed by atoms with Gasteiger partial charge in [-0.15, -0.1) is 5.10 Å². The molecule has 15 heavy (non-hydrogen) atoms. The Balaban J connectivity index is 2.31. The molecule has 7 heteroatoms. The SMILES string of the molecule is Cc1nnsc1C(=O)NCCCC(N)=S. The number of carbonyl (C=O) groups is 1. The van der Waals surface area contributed by atoms with E-state index in [9.17, 15) is 4.79 Å². The number of hydrogen-bond donors (Lipinski definition) is 2. The maximum atomic E-state index is 11.5. The highest BCUT2D eigenvalue weighted by molar-refractivity contribution is 7.80. The van der Waals surface area contributed by atoms with Gasteiger partial charge in [0.25, 0.3) is 5.91 Å². The Hall–Kier alpha value is -1.08. The predicted octanol–water partition coefficient (Wildman–Crippen LogP) is 0.643. The summed E-state index contributed by atoms with van der Waals surface area (Å²) < 4.78 is 3.69. The smallest absolute Gasteiger partial charge is 0.264 e. The number of amides is 1. The molecule has 0 aliphatic heterocycles. The summed E-state index contributed by atoms with van der Waals surface area (Å²) in [6.45, 7) is 2.32. The number of rotatable bonds is 5. The molecule has 0 saturated carbocycles. The van der Waals surface area contributed by atoms with Crippen molar-refractivity contribution in [2.45, 2.75) is 19.8 Å². The molecule has 0 fully saturated rings. The fourth-order valence-electron chi connectivity index (χ4n) is 0.985. The number of thiocarbonyl (C=S) groups is 1. The van der Waals surface area contributed by atoms with Crippen molar-refractivity contribution in [2.75, 3.05) is 6.54 Å². The Morgan fingerprint density at radius 1 is 1.67 bits per heavy atom. The van der Waals surface area contributed by atoms with Crippen LogP contribution in [-0.4, -0.2) is 27.0 Å². The quantitative estimate of drug-likeness (QED) is 0.587. The first-order chi connectivity index (χ1) is 7.11. The van der Waals surface area contributed by atoms with E-state index in [0.29, 0.717) is 28.5 Å². The van der Waals surface area contributed by atoms with Gasteiger partial charge in [0.2, 0.25) is 0 Å². The third kappa shape index (κ3) is 3.88. The zero-order valence-corrected chi connectivity index (χ0v) is 9.95. The van der Waals surface area contributed by atoms with Crippen molar-refractivity contribution in [1.29, 1.82) is 0 Å². The van der Waals surface area contributed by atoms with Crippen LogP contribution in [0.5, 0.6) is 0 Å². The third-order valence-corrected chi connectivity index (χ3v) is 2.77. The minimum Gasteiger partial charge on any atom is -0.393 e. The van der Waals surface area contributed by atoms with Crippen LogP contribution in [0.1, 0.15) is 28.2 Å². The number of hydrogen-bond acceptors (Lipinski definition) is 5. The summed E-state index contributed by atoms with van der Waals surface area (Å²) in [5.41, 5.74) is 5.99.